The first-order chi connectivity index (χ1) is 5.29. The minimum absolute atomic E-state index is 1.12. The zero-order valence-electron chi connectivity index (χ0n) is 7.24. The molecule has 11 heavy (non-hydrogen) atoms. The Morgan fingerprint density at radius 1 is 1.09 bits per heavy atom. The van der Waals surface area contributed by atoms with Crippen LogP contribution in [0, 0.1) is 13.8 Å². The van der Waals surface area contributed by atoms with Crippen molar-refractivity contribution in [2.24, 2.45) is 0 Å². The Kier molecular flexibility index (Phi) is 1.52. The lowest BCUT2D eigenvalue weighted by atomic mass is 9.95. The van der Waals surface area contributed by atoms with Crippen molar-refractivity contribution < 1.29 is 4.42 Å². The lowest BCUT2D eigenvalue weighted by Crippen LogP contribution is -1.99. The first kappa shape index (κ1) is 6.96. The van der Waals surface area contributed by atoms with Crippen LogP contribution in [0.15, 0.2) is 4.42 Å². The van der Waals surface area contributed by atoms with E-state index in [0.717, 1.165) is 12.2 Å². The van der Waals surface area contributed by atoms with E-state index >= 15 is 0 Å². The first-order valence-corrected chi connectivity index (χ1v) is 4.37. The van der Waals surface area contributed by atoms with Crippen molar-refractivity contribution in [1.29, 1.82) is 0 Å². The molecule has 2 rings (SSSR count). The van der Waals surface area contributed by atoms with Crippen LogP contribution in [-0.2, 0) is 12.8 Å². The highest BCUT2D eigenvalue weighted by molar-refractivity contribution is 5.33. The van der Waals surface area contributed by atoms with Crippen LogP contribution in [0.4, 0.5) is 0 Å². The van der Waals surface area contributed by atoms with Crippen LogP contribution in [0.1, 0.15) is 35.5 Å². The van der Waals surface area contributed by atoms with Gasteiger partial charge in [0.05, 0.1) is 0 Å². The average molecular weight is 150 g/mol. The fraction of sp³-hybridized carbons (Fsp3) is 0.600. The molecule has 0 radical (unpaired) electrons. The minimum atomic E-state index is 1.12. The summed E-state index contributed by atoms with van der Waals surface area (Å²) in [6, 6.07) is 0. The van der Waals surface area contributed by atoms with Crippen LogP contribution >= 0.6 is 0 Å². The molecule has 0 aliphatic heterocycles. The summed E-state index contributed by atoms with van der Waals surface area (Å²) in [4.78, 5) is 0. The van der Waals surface area contributed by atoms with Crippen molar-refractivity contribution in [2.75, 3.05) is 0 Å². The third kappa shape index (κ3) is 0.991. The van der Waals surface area contributed by atoms with Crippen molar-refractivity contribution in [1.82, 2.24) is 0 Å². The van der Waals surface area contributed by atoms with E-state index in [1.807, 2.05) is 0 Å². The maximum Gasteiger partial charge on any atom is 0.107 e. The molecule has 0 saturated heterocycles. The smallest absolute Gasteiger partial charge is 0.107 e. The van der Waals surface area contributed by atoms with Gasteiger partial charge in [0.15, 0.2) is 0 Å². The van der Waals surface area contributed by atoms with E-state index in [-0.39, 0.29) is 0 Å². The van der Waals surface area contributed by atoms with Crippen molar-refractivity contribution in [2.45, 2.75) is 39.5 Å². The zero-order chi connectivity index (χ0) is 7.84. The van der Waals surface area contributed by atoms with Crippen LogP contribution in [0.25, 0.3) is 0 Å². The van der Waals surface area contributed by atoms with Gasteiger partial charge in [-0.1, -0.05) is 0 Å². The van der Waals surface area contributed by atoms with E-state index < -0.39 is 0 Å². The fourth-order valence-electron chi connectivity index (χ4n) is 1.86. The highest BCUT2D eigenvalue weighted by Gasteiger charge is 2.16. The Morgan fingerprint density at radius 2 is 1.82 bits per heavy atom. The molecule has 0 bridgehead atoms. The predicted molar refractivity (Wildman–Crippen MR) is 44.8 cm³/mol. The summed E-state index contributed by atoms with van der Waals surface area (Å²) in [5.74, 6) is 2.38. The number of rotatable bonds is 0. The summed E-state index contributed by atoms with van der Waals surface area (Å²) < 4.78 is 5.64. The van der Waals surface area contributed by atoms with Gasteiger partial charge in [-0.05, 0) is 44.2 Å². The monoisotopic (exact) mass is 150 g/mol. The quantitative estimate of drug-likeness (QED) is 0.554. The van der Waals surface area contributed by atoms with Crippen molar-refractivity contribution in [3.05, 3.63) is 22.6 Å². The molecule has 0 amide bonds. The molecule has 1 aromatic rings. The van der Waals surface area contributed by atoms with E-state index in [1.165, 1.54) is 36.1 Å². The number of hydrogen-bond acceptors (Lipinski definition) is 1. The topological polar surface area (TPSA) is 13.1 Å². The standard InChI is InChI=1S/C10H14O/c1-7-8(2)11-10-6-4-3-5-9(7)10/h3-6H2,1-2H3. The third-order valence-corrected chi connectivity index (χ3v) is 2.67. The Hall–Kier alpha value is -0.720. The van der Waals surface area contributed by atoms with E-state index in [1.54, 1.807) is 0 Å². The molecule has 1 aliphatic rings. The second-order valence-corrected chi connectivity index (χ2v) is 3.39. The maximum absolute atomic E-state index is 5.64. The number of hydrogen-bond donors (Lipinski definition) is 0. The molecule has 1 heterocycles. The highest BCUT2D eigenvalue weighted by atomic mass is 16.3. The molecular formula is C10H14O. The molecule has 0 N–H and O–H groups in total. The Labute approximate surface area is 67.4 Å². The second kappa shape index (κ2) is 2.40. The van der Waals surface area contributed by atoms with Gasteiger partial charge < -0.3 is 4.42 Å². The van der Waals surface area contributed by atoms with Gasteiger partial charge in [0, 0.05) is 6.42 Å². The van der Waals surface area contributed by atoms with Crippen LogP contribution in [-0.4, -0.2) is 0 Å². The normalized spacial score (nSPS) is 16.5. The van der Waals surface area contributed by atoms with Crippen molar-refractivity contribution >= 4 is 0 Å². The number of furan rings is 1. The van der Waals surface area contributed by atoms with Crippen LogP contribution in [0.3, 0.4) is 0 Å². The zero-order valence-corrected chi connectivity index (χ0v) is 7.24. The summed E-state index contributed by atoms with van der Waals surface area (Å²) >= 11 is 0. The molecule has 60 valence electrons. The maximum atomic E-state index is 5.64. The second-order valence-electron chi connectivity index (χ2n) is 3.39. The van der Waals surface area contributed by atoms with Crippen LogP contribution in [0.5, 0.6) is 0 Å². The van der Waals surface area contributed by atoms with Crippen molar-refractivity contribution in [3.63, 3.8) is 0 Å². The van der Waals surface area contributed by atoms with Crippen LogP contribution < -0.4 is 0 Å². The molecule has 0 aromatic carbocycles. The average Bonchev–Trinajstić information content (AvgIpc) is 2.30. The molecule has 0 unspecified atom stereocenters. The molecular weight excluding hydrogens is 136 g/mol. The molecule has 1 nitrogen and oxygen atoms in total. The van der Waals surface area contributed by atoms with Gasteiger partial charge in [0.25, 0.3) is 0 Å². The Morgan fingerprint density at radius 3 is 2.55 bits per heavy atom. The van der Waals surface area contributed by atoms with E-state index in [9.17, 15) is 0 Å². The Bertz CT molecular complexity index is 271. The van der Waals surface area contributed by atoms with Gasteiger partial charge in [-0.2, -0.15) is 0 Å². The first-order valence-electron chi connectivity index (χ1n) is 4.37. The fourth-order valence-corrected chi connectivity index (χ4v) is 1.86. The third-order valence-electron chi connectivity index (χ3n) is 2.67. The Balaban J connectivity index is 2.50. The lowest BCUT2D eigenvalue weighted by Gasteiger charge is -2.08. The predicted octanol–water partition coefficient (Wildman–Crippen LogP) is 2.78. The number of fused-ring (bicyclic) bond motifs is 1. The molecule has 1 heteroatoms. The van der Waals surface area contributed by atoms with E-state index in [2.05, 4.69) is 13.8 Å². The molecule has 0 atom stereocenters. The van der Waals surface area contributed by atoms with Gasteiger partial charge in [-0.25, -0.2) is 0 Å². The van der Waals surface area contributed by atoms with Gasteiger partial charge in [0.1, 0.15) is 11.5 Å². The summed E-state index contributed by atoms with van der Waals surface area (Å²) in [5.41, 5.74) is 2.88. The van der Waals surface area contributed by atoms with E-state index in [4.69, 9.17) is 4.42 Å². The largest absolute Gasteiger partial charge is 0.466 e. The molecule has 0 fully saturated rings. The summed E-state index contributed by atoms with van der Waals surface area (Å²) in [6.45, 7) is 4.23. The van der Waals surface area contributed by atoms with Gasteiger partial charge in [-0.15, -0.1) is 0 Å². The van der Waals surface area contributed by atoms with E-state index in [0.29, 0.717) is 0 Å². The minimum Gasteiger partial charge on any atom is -0.466 e. The summed E-state index contributed by atoms with van der Waals surface area (Å²) in [6.07, 6.45) is 5.04. The van der Waals surface area contributed by atoms with Crippen LogP contribution in [0.2, 0.25) is 0 Å². The van der Waals surface area contributed by atoms with Gasteiger partial charge in [-0.3, -0.25) is 0 Å². The summed E-state index contributed by atoms with van der Waals surface area (Å²) in [7, 11) is 0. The number of aryl methyl sites for hydroxylation is 2. The molecule has 1 aromatic heterocycles. The molecule has 0 saturated carbocycles. The molecule has 0 spiro atoms. The van der Waals surface area contributed by atoms with Gasteiger partial charge in [0.2, 0.25) is 0 Å². The SMILES string of the molecule is Cc1oc2c(c1C)CCCC2. The molecule has 1 aliphatic carbocycles. The van der Waals surface area contributed by atoms with Gasteiger partial charge >= 0.3 is 0 Å². The highest BCUT2D eigenvalue weighted by Crippen LogP contribution is 2.28. The van der Waals surface area contributed by atoms with Crippen molar-refractivity contribution in [3.8, 4) is 0 Å². The summed E-state index contributed by atoms with van der Waals surface area (Å²) in [5, 5.41) is 0. The lowest BCUT2D eigenvalue weighted by molar-refractivity contribution is 0.457.